The number of nitrogens with two attached hydrogens (primary N) is 1. The molecule has 0 aliphatic rings. The molecule has 1 aromatic carbocycles. The van der Waals surface area contributed by atoms with E-state index in [4.69, 9.17) is 29.0 Å². The minimum absolute atomic E-state index is 0.128. The van der Waals surface area contributed by atoms with Crippen LogP contribution in [0.5, 0.6) is 0 Å². The smallest absolute Gasteiger partial charge is 0.271 e. The normalized spacial score (nSPS) is 13.2. The van der Waals surface area contributed by atoms with Crippen molar-refractivity contribution in [3.63, 3.8) is 0 Å². The summed E-state index contributed by atoms with van der Waals surface area (Å²) in [5.74, 6) is 5.42. The van der Waals surface area contributed by atoms with E-state index in [1.54, 1.807) is 12.1 Å². The fourth-order valence-corrected chi connectivity index (χ4v) is 2.40. The first-order chi connectivity index (χ1) is 9.86. The van der Waals surface area contributed by atoms with Gasteiger partial charge in [0.2, 0.25) is 0 Å². The first-order valence-electron chi connectivity index (χ1n) is 5.77. The lowest BCUT2D eigenvalue weighted by Crippen LogP contribution is -2.31. The Bertz CT molecular complexity index is 647. The first-order valence-corrected chi connectivity index (χ1v) is 6.53. The molecule has 0 saturated heterocycles. The van der Waals surface area contributed by atoms with Crippen molar-refractivity contribution in [2.45, 2.75) is 12.2 Å². The molecule has 21 heavy (non-hydrogen) atoms. The van der Waals surface area contributed by atoms with Gasteiger partial charge in [-0.1, -0.05) is 35.3 Å². The third-order valence-electron chi connectivity index (χ3n) is 2.93. The van der Waals surface area contributed by atoms with Crippen molar-refractivity contribution < 1.29 is 13.2 Å². The van der Waals surface area contributed by atoms with E-state index in [-0.39, 0.29) is 15.6 Å². The number of rotatable bonds is 3. The molecule has 112 valence electrons. The molecule has 0 spiro atoms. The number of hydrogen-bond donors (Lipinski definition) is 2. The Kier molecular flexibility index (Phi) is 4.73. The minimum atomic E-state index is -4.53. The Morgan fingerprint density at radius 1 is 1.14 bits per heavy atom. The molecule has 0 saturated carbocycles. The summed E-state index contributed by atoms with van der Waals surface area (Å²) in [5, 5.41) is 0.367. The number of aromatic nitrogens is 1. The van der Waals surface area contributed by atoms with Gasteiger partial charge in [0.15, 0.2) is 0 Å². The van der Waals surface area contributed by atoms with E-state index < -0.39 is 17.8 Å². The Morgan fingerprint density at radius 2 is 1.86 bits per heavy atom. The lowest BCUT2D eigenvalue weighted by molar-refractivity contribution is -0.138. The van der Waals surface area contributed by atoms with Crippen LogP contribution < -0.4 is 11.3 Å². The number of hydrogen-bond acceptors (Lipinski definition) is 3. The molecule has 8 heteroatoms. The third kappa shape index (κ3) is 3.29. The van der Waals surface area contributed by atoms with Gasteiger partial charge in [0.05, 0.1) is 21.7 Å². The van der Waals surface area contributed by atoms with Gasteiger partial charge in [0.25, 0.3) is 0 Å². The van der Waals surface area contributed by atoms with Gasteiger partial charge >= 0.3 is 6.18 Å². The van der Waals surface area contributed by atoms with Gasteiger partial charge < -0.3 is 0 Å². The predicted molar refractivity (Wildman–Crippen MR) is 74.9 cm³/mol. The predicted octanol–water partition coefficient (Wildman–Crippen LogP) is 3.96. The zero-order valence-corrected chi connectivity index (χ0v) is 12.0. The number of hydrazine groups is 1. The van der Waals surface area contributed by atoms with Crippen LogP contribution in [0.1, 0.15) is 22.7 Å². The Balaban J connectivity index is 2.60. The van der Waals surface area contributed by atoms with Crippen molar-refractivity contribution in [1.29, 1.82) is 0 Å². The van der Waals surface area contributed by atoms with Crippen molar-refractivity contribution in [1.82, 2.24) is 10.4 Å². The second-order valence-corrected chi connectivity index (χ2v) is 4.99. The van der Waals surface area contributed by atoms with Crippen LogP contribution in [-0.2, 0) is 6.18 Å². The van der Waals surface area contributed by atoms with E-state index in [2.05, 4.69) is 10.4 Å². The molecular weight excluding hydrogens is 326 g/mol. The molecule has 1 aromatic heterocycles. The maximum atomic E-state index is 13.1. The summed E-state index contributed by atoms with van der Waals surface area (Å²) in [4.78, 5) is 3.73. The molecule has 1 unspecified atom stereocenters. The van der Waals surface area contributed by atoms with Crippen molar-refractivity contribution in [2.75, 3.05) is 0 Å². The van der Waals surface area contributed by atoms with Crippen molar-refractivity contribution in [3.05, 3.63) is 63.4 Å². The van der Waals surface area contributed by atoms with Gasteiger partial charge in [0.1, 0.15) is 0 Å². The van der Waals surface area contributed by atoms with Gasteiger partial charge in [-0.25, -0.2) is 5.43 Å². The van der Waals surface area contributed by atoms with Crippen LogP contribution in [-0.4, -0.2) is 4.98 Å². The maximum Gasteiger partial charge on any atom is 0.416 e. The molecule has 0 aliphatic carbocycles. The van der Waals surface area contributed by atoms with Crippen molar-refractivity contribution >= 4 is 23.2 Å². The molecule has 0 fully saturated rings. The van der Waals surface area contributed by atoms with Crippen molar-refractivity contribution in [2.24, 2.45) is 5.84 Å². The summed E-state index contributed by atoms with van der Waals surface area (Å²) in [6.07, 6.45) is -2.36. The fourth-order valence-electron chi connectivity index (χ4n) is 1.99. The average molecular weight is 336 g/mol. The quantitative estimate of drug-likeness (QED) is 0.659. The van der Waals surface area contributed by atoms with E-state index in [9.17, 15) is 13.2 Å². The highest BCUT2D eigenvalue weighted by Crippen LogP contribution is 2.38. The summed E-state index contributed by atoms with van der Waals surface area (Å²) in [6, 6.07) is 4.57. The first kappa shape index (κ1) is 16.0. The van der Waals surface area contributed by atoms with Gasteiger partial charge in [-0.15, -0.1) is 0 Å². The molecule has 1 heterocycles. The highest BCUT2D eigenvalue weighted by molar-refractivity contribution is 6.42. The minimum Gasteiger partial charge on any atom is -0.271 e. The largest absolute Gasteiger partial charge is 0.416 e. The van der Waals surface area contributed by atoms with Gasteiger partial charge in [0, 0.05) is 18.0 Å². The standard InChI is InChI=1S/C13H10Cl2F3N3/c14-10-3-1-2-7(11(10)15)12(21-19)8-6-20-5-4-9(8)13(16,17)18/h1-6,12,21H,19H2. The number of halogens is 5. The SMILES string of the molecule is NNC(c1cnccc1C(F)(F)F)c1cccc(Cl)c1Cl. The zero-order chi connectivity index (χ0) is 15.6. The van der Waals surface area contributed by atoms with Crippen LogP contribution in [0, 0.1) is 0 Å². The lowest BCUT2D eigenvalue weighted by Gasteiger charge is -2.22. The van der Waals surface area contributed by atoms with Crippen LogP contribution in [0.4, 0.5) is 13.2 Å². The van der Waals surface area contributed by atoms with E-state index in [0.717, 1.165) is 18.5 Å². The molecule has 3 N–H and O–H groups in total. The van der Waals surface area contributed by atoms with E-state index >= 15 is 0 Å². The van der Waals surface area contributed by atoms with Gasteiger partial charge in [-0.2, -0.15) is 13.2 Å². The van der Waals surface area contributed by atoms with Crippen LogP contribution in [0.15, 0.2) is 36.7 Å². The highest BCUT2D eigenvalue weighted by atomic mass is 35.5. The summed E-state index contributed by atoms with van der Waals surface area (Å²) < 4.78 is 39.3. The van der Waals surface area contributed by atoms with E-state index in [0.29, 0.717) is 5.56 Å². The zero-order valence-electron chi connectivity index (χ0n) is 10.5. The fraction of sp³-hybridized carbons (Fsp3) is 0.154. The van der Waals surface area contributed by atoms with Crippen molar-refractivity contribution in [3.8, 4) is 0 Å². The van der Waals surface area contributed by atoms with E-state index in [1.807, 2.05) is 0 Å². The Hall–Kier alpha value is -1.34. The van der Waals surface area contributed by atoms with Crippen LogP contribution in [0.25, 0.3) is 0 Å². The molecule has 0 amide bonds. The molecule has 3 nitrogen and oxygen atoms in total. The summed E-state index contributed by atoms with van der Waals surface area (Å²) in [6.45, 7) is 0. The molecule has 1 atom stereocenters. The second-order valence-electron chi connectivity index (χ2n) is 4.20. The summed E-state index contributed by atoms with van der Waals surface area (Å²) in [5.41, 5.74) is 1.71. The summed E-state index contributed by atoms with van der Waals surface area (Å²) >= 11 is 11.9. The van der Waals surface area contributed by atoms with Crippen LogP contribution >= 0.6 is 23.2 Å². The van der Waals surface area contributed by atoms with Crippen LogP contribution in [0.2, 0.25) is 10.0 Å². The Labute approximate surface area is 128 Å². The van der Waals surface area contributed by atoms with E-state index in [1.165, 1.54) is 6.07 Å². The number of pyridine rings is 1. The Morgan fingerprint density at radius 3 is 2.48 bits per heavy atom. The topological polar surface area (TPSA) is 50.9 Å². The van der Waals surface area contributed by atoms with Crippen LogP contribution in [0.3, 0.4) is 0 Å². The lowest BCUT2D eigenvalue weighted by atomic mass is 9.96. The second kappa shape index (κ2) is 6.19. The molecule has 0 radical (unpaired) electrons. The number of nitrogens with zero attached hydrogens (tertiary/aromatic N) is 1. The molecular formula is C13H10Cl2F3N3. The number of nitrogens with one attached hydrogen (secondary N) is 1. The number of benzene rings is 1. The average Bonchev–Trinajstić information content (AvgIpc) is 2.44. The molecule has 2 aromatic rings. The summed E-state index contributed by atoms with van der Waals surface area (Å²) in [7, 11) is 0. The van der Waals surface area contributed by atoms with Gasteiger partial charge in [-0.05, 0) is 17.7 Å². The maximum absolute atomic E-state index is 13.1. The molecule has 2 rings (SSSR count). The molecule has 0 bridgehead atoms. The molecule has 0 aliphatic heterocycles. The number of alkyl halides is 3. The van der Waals surface area contributed by atoms with Gasteiger partial charge in [-0.3, -0.25) is 10.8 Å². The highest BCUT2D eigenvalue weighted by Gasteiger charge is 2.36. The monoisotopic (exact) mass is 335 g/mol. The third-order valence-corrected chi connectivity index (χ3v) is 3.76.